The summed E-state index contributed by atoms with van der Waals surface area (Å²) in [5.41, 5.74) is 7.62. The standard InChI is InChI=1S/C15H19N3OS/c1-9(16)14(19)17-10(2)13-11(3)18-15(20-13)12-7-5-4-6-8-12/h4-10H,16H2,1-3H3,(H,17,19)/t9-,10?/m0/s1. The van der Waals surface area contributed by atoms with Crippen molar-refractivity contribution < 1.29 is 4.79 Å². The number of carbonyl (C=O) groups excluding carboxylic acids is 1. The fraction of sp³-hybridized carbons (Fsp3) is 0.333. The van der Waals surface area contributed by atoms with Crippen molar-refractivity contribution in [2.75, 3.05) is 0 Å². The van der Waals surface area contributed by atoms with Gasteiger partial charge in [-0.1, -0.05) is 30.3 Å². The number of aryl methyl sites for hydroxylation is 1. The van der Waals surface area contributed by atoms with Gasteiger partial charge < -0.3 is 11.1 Å². The molecule has 1 unspecified atom stereocenters. The normalized spacial score (nSPS) is 13.8. The summed E-state index contributed by atoms with van der Waals surface area (Å²) in [6.45, 7) is 5.60. The number of amides is 1. The molecule has 0 aliphatic rings. The average molecular weight is 289 g/mol. The maximum atomic E-state index is 11.7. The zero-order chi connectivity index (χ0) is 14.7. The lowest BCUT2D eigenvalue weighted by molar-refractivity contribution is -0.122. The van der Waals surface area contributed by atoms with Crippen molar-refractivity contribution in [3.63, 3.8) is 0 Å². The molecule has 0 aliphatic heterocycles. The lowest BCUT2D eigenvalue weighted by Crippen LogP contribution is -2.39. The van der Waals surface area contributed by atoms with Gasteiger partial charge >= 0.3 is 0 Å². The van der Waals surface area contributed by atoms with E-state index in [1.54, 1.807) is 18.3 Å². The zero-order valence-electron chi connectivity index (χ0n) is 11.9. The predicted octanol–water partition coefficient (Wildman–Crippen LogP) is 2.64. The summed E-state index contributed by atoms with van der Waals surface area (Å²) in [5, 5.41) is 3.88. The van der Waals surface area contributed by atoms with Gasteiger partial charge in [-0.15, -0.1) is 11.3 Å². The van der Waals surface area contributed by atoms with E-state index in [9.17, 15) is 4.79 Å². The van der Waals surface area contributed by atoms with Gasteiger partial charge in [0.2, 0.25) is 5.91 Å². The molecule has 3 N–H and O–H groups in total. The lowest BCUT2D eigenvalue weighted by atomic mass is 10.2. The van der Waals surface area contributed by atoms with Crippen molar-refractivity contribution in [2.45, 2.75) is 32.9 Å². The van der Waals surface area contributed by atoms with Crippen LogP contribution in [0.1, 0.15) is 30.5 Å². The van der Waals surface area contributed by atoms with Crippen LogP contribution in [-0.4, -0.2) is 16.9 Å². The summed E-state index contributed by atoms with van der Waals surface area (Å²) >= 11 is 1.61. The van der Waals surface area contributed by atoms with Gasteiger partial charge in [-0.2, -0.15) is 0 Å². The minimum atomic E-state index is -0.501. The van der Waals surface area contributed by atoms with Crippen LogP contribution in [0.3, 0.4) is 0 Å². The highest BCUT2D eigenvalue weighted by molar-refractivity contribution is 7.15. The number of aromatic nitrogens is 1. The average Bonchev–Trinajstić information content (AvgIpc) is 2.81. The summed E-state index contributed by atoms with van der Waals surface area (Å²) < 4.78 is 0. The number of nitrogens with one attached hydrogen (secondary N) is 1. The Morgan fingerprint density at radius 3 is 2.55 bits per heavy atom. The molecule has 0 bridgehead atoms. The van der Waals surface area contributed by atoms with Crippen molar-refractivity contribution in [3.05, 3.63) is 40.9 Å². The Morgan fingerprint density at radius 2 is 1.95 bits per heavy atom. The summed E-state index contributed by atoms with van der Waals surface area (Å²) in [6.07, 6.45) is 0. The number of benzene rings is 1. The van der Waals surface area contributed by atoms with Gasteiger partial charge in [0.05, 0.1) is 22.7 Å². The summed E-state index contributed by atoms with van der Waals surface area (Å²) in [4.78, 5) is 17.3. The Bertz CT molecular complexity index is 592. The molecule has 0 spiro atoms. The van der Waals surface area contributed by atoms with E-state index in [4.69, 9.17) is 5.73 Å². The number of nitrogens with zero attached hydrogens (tertiary/aromatic N) is 1. The van der Waals surface area contributed by atoms with Crippen LogP contribution < -0.4 is 11.1 Å². The molecule has 2 aromatic rings. The van der Waals surface area contributed by atoms with Gasteiger partial charge in [-0.3, -0.25) is 4.79 Å². The Kier molecular flexibility index (Phi) is 4.52. The molecule has 1 aromatic carbocycles. The first kappa shape index (κ1) is 14.7. The Balaban J connectivity index is 2.22. The van der Waals surface area contributed by atoms with Crippen LogP contribution in [0, 0.1) is 6.92 Å². The molecule has 0 fully saturated rings. The second-order valence-corrected chi connectivity index (χ2v) is 5.88. The molecule has 4 nitrogen and oxygen atoms in total. The highest BCUT2D eigenvalue weighted by Gasteiger charge is 2.18. The molecule has 20 heavy (non-hydrogen) atoms. The monoisotopic (exact) mass is 289 g/mol. The molecule has 2 atom stereocenters. The molecule has 0 saturated carbocycles. The first-order chi connectivity index (χ1) is 9.49. The van der Waals surface area contributed by atoms with E-state index in [1.165, 1.54) is 0 Å². The number of hydrogen-bond acceptors (Lipinski definition) is 4. The fourth-order valence-electron chi connectivity index (χ4n) is 1.92. The van der Waals surface area contributed by atoms with E-state index in [1.807, 2.05) is 44.2 Å². The topological polar surface area (TPSA) is 68.0 Å². The number of rotatable bonds is 4. The number of carbonyl (C=O) groups is 1. The van der Waals surface area contributed by atoms with Crippen molar-refractivity contribution in [3.8, 4) is 10.6 Å². The summed E-state index contributed by atoms with van der Waals surface area (Å²) in [5.74, 6) is -0.147. The van der Waals surface area contributed by atoms with Crippen LogP contribution in [0.2, 0.25) is 0 Å². The quantitative estimate of drug-likeness (QED) is 0.909. The van der Waals surface area contributed by atoms with Crippen LogP contribution in [-0.2, 0) is 4.79 Å². The molecule has 0 saturated heterocycles. The summed E-state index contributed by atoms with van der Waals surface area (Å²) in [6, 6.07) is 9.46. The van der Waals surface area contributed by atoms with E-state index < -0.39 is 6.04 Å². The third-order valence-corrected chi connectivity index (χ3v) is 4.41. The van der Waals surface area contributed by atoms with Crippen LogP contribution in [0.15, 0.2) is 30.3 Å². The third kappa shape index (κ3) is 3.23. The number of thiazole rings is 1. The smallest absolute Gasteiger partial charge is 0.237 e. The molecular formula is C15H19N3OS. The largest absolute Gasteiger partial charge is 0.347 e. The molecule has 5 heteroatoms. The Morgan fingerprint density at radius 1 is 1.30 bits per heavy atom. The van der Waals surface area contributed by atoms with Crippen molar-refractivity contribution in [2.24, 2.45) is 5.73 Å². The minimum absolute atomic E-state index is 0.0801. The van der Waals surface area contributed by atoms with Crippen LogP contribution in [0.5, 0.6) is 0 Å². The number of nitrogens with two attached hydrogens (primary N) is 1. The second kappa shape index (κ2) is 6.15. The van der Waals surface area contributed by atoms with E-state index in [0.717, 1.165) is 21.1 Å². The number of hydrogen-bond donors (Lipinski definition) is 2. The maximum absolute atomic E-state index is 11.7. The molecule has 106 valence electrons. The maximum Gasteiger partial charge on any atom is 0.237 e. The van der Waals surface area contributed by atoms with Gasteiger partial charge in [0.1, 0.15) is 5.01 Å². The second-order valence-electron chi connectivity index (χ2n) is 4.85. The minimum Gasteiger partial charge on any atom is -0.347 e. The molecule has 2 rings (SSSR count). The molecule has 1 heterocycles. The van der Waals surface area contributed by atoms with E-state index in [0.29, 0.717) is 0 Å². The van der Waals surface area contributed by atoms with Gasteiger partial charge in [0.15, 0.2) is 0 Å². The molecule has 0 radical (unpaired) electrons. The molecule has 1 amide bonds. The summed E-state index contributed by atoms with van der Waals surface area (Å²) in [7, 11) is 0. The van der Waals surface area contributed by atoms with Crippen LogP contribution in [0.25, 0.3) is 10.6 Å². The zero-order valence-corrected chi connectivity index (χ0v) is 12.7. The SMILES string of the molecule is Cc1nc(-c2ccccc2)sc1C(C)NC(=O)[C@H](C)N. The fourth-order valence-corrected chi connectivity index (χ4v) is 3.00. The Labute approximate surface area is 123 Å². The first-order valence-electron chi connectivity index (χ1n) is 6.57. The molecular weight excluding hydrogens is 270 g/mol. The van der Waals surface area contributed by atoms with Crippen LogP contribution >= 0.6 is 11.3 Å². The Hall–Kier alpha value is -1.72. The van der Waals surface area contributed by atoms with Crippen molar-refractivity contribution in [1.29, 1.82) is 0 Å². The van der Waals surface area contributed by atoms with E-state index >= 15 is 0 Å². The van der Waals surface area contributed by atoms with E-state index in [2.05, 4.69) is 10.3 Å². The third-order valence-electron chi connectivity index (χ3n) is 3.02. The van der Waals surface area contributed by atoms with Gasteiger partial charge in [0, 0.05) is 5.56 Å². The van der Waals surface area contributed by atoms with Gasteiger partial charge in [-0.05, 0) is 20.8 Å². The molecule has 1 aromatic heterocycles. The van der Waals surface area contributed by atoms with E-state index in [-0.39, 0.29) is 11.9 Å². The molecule has 0 aliphatic carbocycles. The van der Waals surface area contributed by atoms with Crippen LogP contribution in [0.4, 0.5) is 0 Å². The van der Waals surface area contributed by atoms with Crippen molar-refractivity contribution >= 4 is 17.2 Å². The highest BCUT2D eigenvalue weighted by atomic mass is 32.1. The van der Waals surface area contributed by atoms with Crippen molar-refractivity contribution in [1.82, 2.24) is 10.3 Å². The lowest BCUT2D eigenvalue weighted by Gasteiger charge is -2.14. The first-order valence-corrected chi connectivity index (χ1v) is 7.39. The van der Waals surface area contributed by atoms with Gasteiger partial charge in [-0.25, -0.2) is 4.98 Å². The van der Waals surface area contributed by atoms with Gasteiger partial charge in [0.25, 0.3) is 0 Å². The predicted molar refractivity (Wildman–Crippen MR) is 82.5 cm³/mol. The highest BCUT2D eigenvalue weighted by Crippen LogP contribution is 2.31.